The minimum Gasteiger partial charge on any atom is -0.497 e. The summed E-state index contributed by atoms with van der Waals surface area (Å²) >= 11 is 6.04. The quantitative estimate of drug-likeness (QED) is 0.872. The molecule has 2 aromatic carbocycles. The van der Waals surface area contributed by atoms with Crippen LogP contribution < -0.4 is 14.8 Å². The topological polar surface area (TPSA) is 71.3 Å². The van der Waals surface area contributed by atoms with Crippen molar-refractivity contribution in [2.24, 2.45) is 0 Å². The van der Waals surface area contributed by atoms with Crippen LogP contribution in [0, 0.1) is 11.3 Å². The van der Waals surface area contributed by atoms with Crippen LogP contribution in [-0.2, 0) is 11.3 Å². The third-order valence-electron chi connectivity index (χ3n) is 3.36. The molecule has 0 aliphatic carbocycles. The maximum Gasteiger partial charge on any atom is 0.261 e. The number of ether oxygens (including phenoxy) is 2. The molecule has 2 rings (SSSR count). The van der Waals surface area contributed by atoms with E-state index in [2.05, 4.69) is 5.32 Å². The fourth-order valence-corrected chi connectivity index (χ4v) is 2.21. The lowest BCUT2D eigenvalue weighted by molar-refractivity contribution is -0.127. The van der Waals surface area contributed by atoms with Crippen LogP contribution in [0.1, 0.15) is 18.1 Å². The first kappa shape index (κ1) is 17.6. The molecule has 5 nitrogen and oxygen atoms in total. The van der Waals surface area contributed by atoms with Crippen molar-refractivity contribution in [1.29, 1.82) is 5.26 Å². The van der Waals surface area contributed by atoms with E-state index in [1.54, 1.807) is 26.2 Å². The Morgan fingerprint density at radius 1 is 1.29 bits per heavy atom. The molecule has 0 aromatic heterocycles. The Morgan fingerprint density at radius 3 is 2.58 bits per heavy atom. The molecule has 0 heterocycles. The minimum absolute atomic E-state index is 0.258. The second-order valence-corrected chi connectivity index (χ2v) is 5.49. The van der Waals surface area contributed by atoms with Crippen molar-refractivity contribution in [2.45, 2.75) is 19.6 Å². The van der Waals surface area contributed by atoms with Gasteiger partial charge in [0.2, 0.25) is 0 Å². The fourth-order valence-electron chi connectivity index (χ4n) is 1.99. The second kappa shape index (κ2) is 8.23. The van der Waals surface area contributed by atoms with Crippen LogP contribution in [0.3, 0.4) is 0 Å². The van der Waals surface area contributed by atoms with Gasteiger partial charge >= 0.3 is 0 Å². The molecule has 6 heteroatoms. The Kier molecular flexibility index (Phi) is 6.05. The van der Waals surface area contributed by atoms with Crippen LogP contribution >= 0.6 is 11.6 Å². The van der Waals surface area contributed by atoms with Crippen molar-refractivity contribution >= 4 is 17.5 Å². The summed E-state index contributed by atoms with van der Waals surface area (Å²) in [5.74, 6) is 0.867. The fraction of sp³-hybridized carbons (Fsp3) is 0.222. The predicted molar refractivity (Wildman–Crippen MR) is 91.1 cm³/mol. The maximum absolute atomic E-state index is 12.1. The summed E-state index contributed by atoms with van der Waals surface area (Å²) < 4.78 is 10.6. The Morgan fingerprint density at radius 2 is 2.00 bits per heavy atom. The van der Waals surface area contributed by atoms with Crippen molar-refractivity contribution < 1.29 is 14.3 Å². The van der Waals surface area contributed by atoms with Gasteiger partial charge in [-0.15, -0.1) is 0 Å². The highest BCUT2D eigenvalue weighted by Gasteiger charge is 2.16. The molecule has 24 heavy (non-hydrogen) atoms. The summed E-state index contributed by atoms with van der Waals surface area (Å²) in [6.07, 6.45) is -0.714. The molecule has 1 N–H and O–H groups in total. The SMILES string of the molecule is COc1ccc(CNC(=O)[C@H](C)Oc2ccc(C#N)cc2Cl)cc1. The summed E-state index contributed by atoms with van der Waals surface area (Å²) in [5, 5.41) is 11.9. The largest absolute Gasteiger partial charge is 0.497 e. The number of carbonyl (C=O) groups is 1. The molecule has 0 radical (unpaired) electrons. The monoisotopic (exact) mass is 344 g/mol. The lowest BCUT2D eigenvalue weighted by atomic mass is 10.2. The highest BCUT2D eigenvalue weighted by atomic mass is 35.5. The number of nitrogens with zero attached hydrogens (tertiary/aromatic N) is 1. The highest BCUT2D eigenvalue weighted by molar-refractivity contribution is 6.32. The van der Waals surface area contributed by atoms with Crippen LogP contribution in [0.4, 0.5) is 0 Å². The van der Waals surface area contributed by atoms with Gasteiger partial charge in [0.05, 0.1) is 23.8 Å². The standard InChI is InChI=1S/C18H17ClN2O3/c1-12(24-17-8-5-14(10-20)9-16(17)19)18(22)21-11-13-3-6-15(23-2)7-4-13/h3-9,12H,11H2,1-2H3,(H,21,22)/t12-/m0/s1. The van der Waals surface area contributed by atoms with Crippen molar-refractivity contribution in [2.75, 3.05) is 7.11 Å². The van der Waals surface area contributed by atoms with Gasteiger partial charge in [0.1, 0.15) is 11.5 Å². The van der Waals surface area contributed by atoms with E-state index in [4.69, 9.17) is 26.3 Å². The van der Waals surface area contributed by atoms with Crippen molar-refractivity contribution in [1.82, 2.24) is 5.32 Å². The van der Waals surface area contributed by atoms with E-state index >= 15 is 0 Å². The van der Waals surface area contributed by atoms with E-state index in [9.17, 15) is 4.79 Å². The first-order chi connectivity index (χ1) is 11.5. The zero-order chi connectivity index (χ0) is 17.5. The Labute approximate surface area is 145 Å². The van der Waals surface area contributed by atoms with Gasteiger partial charge in [-0.1, -0.05) is 23.7 Å². The third-order valence-corrected chi connectivity index (χ3v) is 3.66. The number of nitriles is 1. The molecule has 0 spiro atoms. The van der Waals surface area contributed by atoms with E-state index in [1.807, 2.05) is 30.3 Å². The summed E-state index contributed by atoms with van der Waals surface area (Å²) in [6.45, 7) is 2.02. The number of carbonyl (C=O) groups excluding carboxylic acids is 1. The first-order valence-electron chi connectivity index (χ1n) is 7.30. The number of amides is 1. The lowest BCUT2D eigenvalue weighted by Gasteiger charge is -2.16. The molecule has 0 unspecified atom stereocenters. The van der Waals surface area contributed by atoms with Crippen LogP contribution in [0.5, 0.6) is 11.5 Å². The zero-order valence-electron chi connectivity index (χ0n) is 13.4. The Bertz CT molecular complexity index is 754. The number of benzene rings is 2. The number of hydrogen-bond donors (Lipinski definition) is 1. The zero-order valence-corrected chi connectivity index (χ0v) is 14.1. The third kappa shape index (κ3) is 4.64. The summed E-state index contributed by atoms with van der Waals surface area (Å²) in [6, 6.07) is 14.1. The number of methoxy groups -OCH3 is 1. The normalized spacial score (nSPS) is 11.2. The van der Waals surface area contributed by atoms with Crippen LogP contribution in [0.15, 0.2) is 42.5 Å². The second-order valence-electron chi connectivity index (χ2n) is 5.08. The lowest BCUT2D eigenvalue weighted by Crippen LogP contribution is -2.35. The van der Waals surface area contributed by atoms with Crippen molar-refractivity contribution in [3.8, 4) is 17.6 Å². The highest BCUT2D eigenvalue weighted by Crippen LogP contribution is 2.26. The van der Waals surface area contributed by atoms with E-state index in [1.165, 1.54) is 6.07 Å². The molecular weight excluding hydrogens is 328 g/mol. The summed E-state index contributed by atoms with van der Waals surface area (Å²) in [4.78, 5) is 12.1. The number of rotatable bonds is 6. The summed E-state index contributed by atoms with van der Waals surface area (Å²) in [5.41, 5.74) is 1.39. The van der Waals surface area contributed by atoms with Crippen LogP contribution in [0.25, 0.3) is 0 Å². The number of nitrogens with one attached hydrogen (secondary N) is 1. The van der Waals surface area contributed by atoms with Gasteiger partial charge in [-0.3, -0.25) is 4.79 Å². The van der Waals surface area contributed by atoms with Gasteiger partial charge in [-0.25, -0.2) is 0 Å². The molecule has 0 fully saturated rings. The number of hydrogen-bond acceptors (Lipinski definition) is 4. The average Bonchev–Trinajstić information content (AvgIpc) is 2.61. The van der Waals surface area contributed by atoms with E-state index < -0.39 is 6.10 Å². The van der Waals surface area contributed by atoms with Crippen molar-refractivity contribution in [3.63, 3.8) is 0 Å². The molecule has 0 aliphatic heterocycles. The molecule has 0 saturated carbocycles. The molecule has 124 valence electrons. The smallest absolute Gasteiger partial charge is 0.261 e. The molecular formula is C18H17ClN2O3. The van der Waals surface area contributed by atoms with Gasteiger partial charge < -0.3 is 14.8 Å². The van der Waals surface area contributed by atoms with E-state index in [-0.39, 0.29) is 5.91 Å². The van der Waals surface area contributed by atoms with Gasteiger partial charge in [0, 0.05) is 6.54 Å². The molecule has 0 aliphatic rings. The molecule has 1 atom stereocenters. The molecule has 0 bridgehead atoms. The average molecular weight is 345 g/mol. The summed E-state index contributed by atoms with van der Waals surface area (Å²) in [7, 11) is 1.60. The van der Waals surface area contributed by atoms with Crippen LogP contribution in [-0.4, -0.2) is 19.1 Å². The van der Waals surface area contributed by atoms with Gasteiger partial charge in [0.25, 0.3) is 5.91 Å². The number of halogens is 1. The minimum atomic E-state index is -0.714. The molecule has 0 saturated heterocycles. The van der Waals surface area contributed by atoms with Gasteiger partial charge in [0.15, 0.2) is 6.10 Å². The van der Waals surface area contributed by atoms with E-state index in [0.717, 1.165) is 11.3 Å². The van der Waals surface area contributed by atoms with Gasteiger partial charge in [-0.2, -0.15) is 5.26 Å². The first-order valence-corrected chi connectivity index (χ1v) is 7.68. The maximum atomic E-state index is 12.1. The van der Waals surface area contributed by atoms with E-state index in [0.29, 0.717) is 22.9 Å². The molecule has 1 amide bonds. The Balaban J connectivity index is 1.91. The van der Waals surface area contributed by atoms with Gasteiger partial charge in [-0.05, 0) is 42.8 Å². The Hall–Kier alpha value is -2.71. The van der Waals surface area contributed by atoms with Crippen molar-refractivity contribution in [3.05, 3.63) is 58.6 Å². The molecule has 2 aromatic rings. The predicted octanol–water partition coefficient (Wildman–Crippen LogP) is 3.30. The van der Waals surface area contributed by atoms with Crippen LogP contribution in [0.2, 0.25) is 5.02 Å².